The molecule has 36 heavy (non-hydrogen) atoms. The molecule has 0 saturated heterocycles. The van der Waals surface area contributed by atoms with Gasteiger partial charge in [-0.25, -0.2) is 9.59 Å². The summed E-state index contributed by atoms with van der Waals surface area (Å²) < 4.78 is 27.1. The van der Waals surface area contributed by atoms with Crippen molar-refractivity contribution in [1.82, 2.24) is 0 Å². The van der Waals surface area contributed by atoms with Gasteiger partial charge in [0, 0.05) is 12.5 Å². The lowest BCUT2D eigenvalue weighted by molar-refractivity contribution is -0.164. The number of esters is 2. The van der Waals surface area contributed by atoms with Crippen molar-refractivity contribution in [3.63, 3.8) is 0 Å². The van der Waals surface area contributed by atoms with Crippen LogP contribution < -0.4 is 14.2 Å². The predicted octanol–water partition coefficient (Wildman–Crippen LogP) is 5.03. The lowest BCUT2D eigenvalue weighted by atomic mass is 10.0. The molecule has 0 saturated carbocycles. The quantitative estimate of drug-likeness (QED) is 0.196. The molecule has 0 fully saturated rings. The highest BCUT2D eigenvalue weighted by Crippen LogP contribution is 2.28. The first kappa shape index (κ1) is 28.0. The van der Waals surface area contributed by atoms with Crippen LogP contribution in [0.5, 0.6) is 17.2 Å². The molecule has 0 bridgehead atoms. The second-order valence-electron chi connectivity index (χ2n) is 7.59. The zero-order valence-corrected chi connectivity index (χ0v) is 20.7. The number of rotatable bonds is 15. The highest BCUT2D eigenvalue weighted by atomic mass is 16.6. The Bertz CT molecular complexity index is 1100. The molecule has 0 aromatic heterocycles. The molecule has 2 rings (SSSR count). The largest absolute Gasteiger partial charge is 0.493 e. The van der Waals surface area contributed by atoms with E-state index in [1.54, 1.807) is 42.5 Å². The third-order valence-corrected chi connectivity index (χ3v) is 4.84. The fourth-order valence-electron chi connectivity index (χ4n) is 3.17. The SMILES string of the molecule is C=CCOC(=O)C(Cc1ccc(OCC=C)c(C)c1)OC(=O)/C=C/c1ccc(OC)c(OCC=C)c1. The van der Waals surface area contributed by atoms with Crippen molar-refractivity contribution in [2.24, 2.45) is 0 Å². The normalized spacial score (nSPS) is 11.3. The van der Waals surface area contributed by atoms with Crippen LogP contribution in [-0.2, 0) is 25.5 Å². The van der Waals surface area contributed by atoms with Crippen LogP contribution in [0, 0.1) is 6.92 Å². The summed E-state index contributed by atoms with van der Waals surface area (Å²) in [6.07, 6.45) is 6.53. The minimum atomic E-state index is -1.14. The molecular weight excluding hydrogens is 460 g/mol. The van der Waals surface area contributed by atoms with Gasteiger partial charge in [-0.1, -0.05) is 56.2 Å². The van der Waals surface area contributed by atoms with E-state index in [0.717, 1.165) is 11.1 Å². The molecule has 1 unspecified atom stereocenters. The Kier molecular flexibility index (Phi) is 11.6. The monoisotopic (exact) mass is 492 g/mol. The van der Waals surface area contributed by atoms with E-state index in [2.05, 4.69) is 19.7 Å². The number of hydrogen-bond acceptors (Lipinski definition) is 7. The van der Waals surface area contributed by atoms with Crippen LogP contribution in [0.1, 0.15) is 16.7 Å². The van der Waals surface area contributed by atoms with Gasteiger partial charge in [-0.3, -0.25) is 0 Å². The van der Waals surface area contributed by atoms with E-state index in [1.165, 1.54) is 19.3 Å². The minimum Gasteiger partial charge on any atom is -0.493 e. The third-order valence-electron chi connectivity index (χ3n) is 4.84. The molecule has 0 amide bonds. The van der Waals surface area contributed by atoms with E-state index in [4.69, 9.17) is 23.7 Å². The number of ether oxygens (including phenoxy) is 5. The van der Waals surface area contributed by atoms with Gasteiger partial charge < -0.3 is 23.7 Å². The Morgan fingerprint density at radius 3 is 2.19 bits per heavy atom. The van der Waals surface area contributed by atoms with Gasteiger partial charge in [-0.05, 0) is 47.9 Å². The van der Waals surface area contributed by atoms with Crippen molar-refractivity contribution in [3.8, 4) is 17.2 Å². The minimum absolute atomic E-state index is 0.00934. The van der Waals surface area contributed by atoms with E-state index in [-0.39, 0.29) is 13.0 Å². The number of carbonyl (C=O) groups excluding carboxylic acids is 2. The molecule has 0 aliphatic carbocycles. The first-order valence-corrected chi connectivity index (χ1v) is 11.3. The lowest BCUT2D eigenvalue weighted by Gasteiger charge is -2.17. The van der Waals surface area contributed by atoms with E-state index < -0.39 is 18.0 Å². The predicted molar refractivity (Wildman–Crippen MR) is 139 cm³/mol. The second-order valence-corrected chi connectivity index (χ2v) is 7.59. The molecule has 0 radical (unpaired) electrons. The van der Waals surface area contributed by atoms with Gasteiger partial charge in [0.1, 0.15) is 25.6 Å². The lowest BCUT2D eigenvalue weighted by Crippen LogP contribution is -2.31. The van der Waals surface area contributed by atoms with Gasteiger partial charge in [0.25, 0.3) is 0 Å². The van der Waals surface area contributed by atoms with Crippen LogP contribution in [0.4, 0.5) is 0 Å². The summed E-state index contributed by atoms with van der Waals surface area (Å²) in [7, 11) is 1.54. The molecule has 0 N–H and O–H groups in total. The van der Waals surface area contributed by atoms with Crippen molar-refractivity contribution in [2.75, 3.05) is 26.9 Å². The molecule has 2 aromatic rings. The Hall–Kier alpha value is -4.26. The van der Waals surface area contributed by atoms with Crippen LogP contribution in [0.15, 0.2) is 80.4 Å². The van der Waals surface area contributed by atoms with Gasteiger partial charge in [0.05, 0.1) is 7.11 Å². The molecule has 190 valence electrons. The summed E-state index contributed by atoms with van der Waals surface area (Å²) in [5.74, 6) is 0.418. The smallest absolute Gasteiger partial charge is 0.348 e. The van der Waals surface area contributed by atoms with Gasteiger partial charge >= 0.3 is 11.9 Å². The van der Waals surface area contributed by atoms with Crippen molar-refractivity contribution in [2.45, 2.75) is 19.4 Å². The van der Waals surface area contributed by atoms with Crippen LogP contribution in [0.2, 0.25) is 0 Å². The second kappa shape index (κ2) is 14.9. The zero-order chi connectivity index (χ0) is 26.3. The molecule has 0 aliphatic heterocycles. The first-order chi connectivity index (χ1) is 17.4. The maximum absolute atomic E-state index is 12.6. The Balaban J connectivity index is 2.15. The van der Waals surface area contributed by atoms with Crippen LogP contribution >= 0.6 is 0 Å². The number of methoxy groups -OCH3 is 1. The zero-order valence-electron chi connectivity index (χ0n) is 20.7. The summed E-state index contributed by atoms with van der Waals surface area (Å²) in [6, 6.07) is 10.7. The standard InChI is InChI=1S/C29H32O7/c1-6-15-33-24-12-10-23(18-21(24)4)20-27(29(31)35-17-8-3)36-28(30)14-11-22-9-13-25(32-5)26(19-22)34-16-7-2/h6-14,18-19,27H,1-3,15-17,20H2,4-5H3/b14-11+. The Labute approximate surface area is 212 Å². The van der Waals surface area contributed by atoms with E-state index in [9.17, 15) is 9.59 Å². The maximum Gasteiger partial charge on any atom is 0.348 e. The summed E-state index contributed by atoms with van der Waals surface area (Å²) in [5.41, 5.74) is 2.35. The molecule has 7 heteroatoms. The van der Waals surface area contributed by atoms with Crippen LogP contribution in [0.25, 0.3) is 6.08 Å². The first-order valence-electron chi connectivity index (χ1n) is 11.3. The average Bonchev–Trinajstić information content (AvgIpc) is 2.88. The third kappa shape index (κ3) is 8.83. The van der Waals surface area contributed by atoms with Gasteiger partial charge in [0.15, 0.2) is 11.5 Å². The number of aryl methyl sites for hydroxylation is 1. The van der Waals surface area contributed by atoms with E-state index >= 15 is 0 Å². The molecular formula is C29H32O7. The summed E-state index contributed by atoms with van der Waals surface area (Å²) in [6.45, 7) is 13.4. The number of carbonyl (C=O) groups is 2. The number of hydrogen-bond donors (Lipinski definition) is 0. The van der Waals surface area contributed by atoms with Crippen molar-refractivity contribution in [1.29, 1.82) is 0 Å². The van der Waals surface area contributed by atoms with Crippen molar-refractivity contribution >= 4 is 18.0 Å². The molecule has 0 aliphatic rings. The Morgan fingerprint density at radius 2 is 1.56 bits per heavy atom. The molecule has 1 atom stereocenters. The van der Waals surface area contributed by atoms with Gasteiger partial charge in [-0.2, -0.15) is 0 Å². The number of benzene rings is 2. The molecule has 0 spiro atoms. The maximum atomic E-state index is 12.6. The summed E-state index contributed by atoms with van der Waals surface area (Å²) in [5, 5.41) is 0. The van der Waals surface area contributed by atoms with Crippen molar-refractivity contribution < 1.29 is 33.3 Å². The van der Waals surface area contributed by atoms with Gasteiger partial charge in [0.2, 0.25) is 6.10 Å². The van der Waals surface area contributed by atoms with E-state index in [0.29, 0.717) is 36.0 Å². The van der Waals surface area contributed by atoms with Crippen molar-refractivity contribution in [3.05, 3.63) is 97.1 Å². The van der Waals surface area contributed by atoms with Gasteiger partial charge in [-0.15, -0.1) is 0 Å². The Morgan fingerprint density at radius 1 is 0.889 bits per heavy atom. The highest BCUT2D eigenvalue weighted by Gasteiger charge is 2.24. The molecule has 2 aromatic carbocycles. The van der Waals surface area contributed by atoms with Crippen LogP contribution in [-0.4, -0.2) is 45.0 Å². The van der Waals surface area contributed by atoms with Crippen LogP contribution in [0.3, 0.4) is 0 Å². The van der Waals surface area contributed by atoms with E-state index in [1.807, 2.05) is 19.1 Å². The summed E-state index contributed by atoms with van der Waals surface area (Å²) >= 11 is 0. The molecule has 0 heterocycles. The molecule has 7 nitrogen and oxygen atoms in total. The summed E-state index contributed by atoms with van der Waals surface area (Å²) in [4.78, 5) is 25.2. The highest BCUT2D eigenvalue weighted by molar-refractivity contribution is 5.89. The average molecular weight is 493 g/mol. The fourth-order valence-corrected chi connectivity index (χ4v) is 3.17. The topological polar surface area (TPSA) is 80.3 Å². The fraction of sp³-hybridized carbons (Fsp3) is 0.241.